The molecule has 0 N–H and O–H groups in total. The van der Waals surface area contributed by atoms with Gasteiger partial charge in [0.15, 0.2) is 11.6 Å². The van der Waals surface area contributed by atoms with Gasteiger partial charge in [-0.3, -0.25) is 14.6 Å². The lowest BCUT2D eigenvalue weighted by molar-refractivity contribution is 0.0990. The molecular weight excluding hydrogens is 605 g/mol. The Kier molecular flexibility index (Phi) is 5.85. The second-order valence-corrected chi connectivity index (χ2v) is 14.5. The van der Waals surface area contributed by atoms with E-state index >= 15 is 0 Å². The number of para-hydroxylation sites is 2. The van der Waals surface area contributed by atoms with Crippen LogP contribution in [0.3, 0.4) is 0 Å². The van der Waals surface area contributed by atoms with Crippen molar-refractivity contribution < 1.29 is 9.59 Å². The molecule has 7 aromatic rings. The number of allylic oxidation sites excluding steroid dienone is 1. The predicted molar refractivity (Wildman–Crippen MR) is 190 cm³/mol. The smallest absolute Gasteiger partial charge is 0.197 e. The minimum absolute atomic E-state index is 0.196. The molecule has 3 aromatic heterocycles. The standard InChI is InChI=1S/C40H26N2O2S2/c1-40(2)32-19-27(42(25-13-5-3-6-14-25)26-15-7-4-8-16-26)22-41-35(32)39-34(40)38-33(46-39)21-28(45-38)20-31-36(43)29-17-23-11-9-10-12-24(23)18-30(29)37(31)44/h3-22H,1-2H3. The SMILES string of the molecule is CC1(C)c2cc(N(c3ccccc3)c3ccccc3)cnc2-c2sc3cc(C=C4C(=O)c5cc6ccccc6cc5C4=O)sc3c21. The van der Waals surface area contributed by atoms with Gasteiger partial charge >= 0.3 is 0 Å². The van der Waals surface area contributed by atoms with Gasteiger partial charge in [-0.15, -0.1) is 22.7 Å². The van der Waals surface area contributed by atoms with E-state index in [1.165, 1.54) is 20.7 Å². The highest BCUT2D eigenvalue weighted by Gasteiger charge is 2.41. The molecule has 9 rings (SSSR count). The molecule has 0 fully saturated rings. The summed E-state index contributed by atoms with van der Waals surface area (Å²) in [6.07, 6.45) is 3.77. The van der Waals surface area contributed by atoms with Crippen LogP contribution in [0, 0.1) is 0 Å². The van der Waals surface area contributed by atoms with E-state index < -0.39 is 0 Å². The van der Waals surface area contributed by atoms with Crippen LogP contribution in [0.5, 0.6) is 0 Å². The topological polar surface area (TPSA) is 50.3 Å². The molecule has 2 aliphatic carbocycles. The summed E-state index contributed by atoms with van der Waals surface area (Å²) in [6.45, 7) is 4.54. The predicted octanol–water partition coefficient (Wildman–Crippen LogP) is 10.7. The van der Waals surface area contributed by atoms with Crippen molar-refractivity contribution >= 4 is 77.6 Å². The van der Waals surface area contributed by atoms with Crippen LogP contribution in [-0.4, -0.2) is 16.6 Å². The zero-order valence-electron chi connectivity index (χ0n) is 25.1. The highest BCUT2D eigenvalue weighted by molar-refractivity contribution is 7.30. The lowest BCUT2D eigenvalue weighted by Crippen LogP contribution is -2.17. The molecule has 0 atom stereocenters. The van der Waals surface area contributed by atoms with E-state index in [-0.39, 0.29) is 22.6 Å². The summed E-state index contributed by atoms with van der Waals surface area (Å²) >= 11 is 3.39. The van der Waals surface area contributed by atoms with Gasteiger partial charge in [0.1, 0.15) is 0 Å². The van der Waals surface area contributed by atoms with Gasteiger partial charge in [0.2, 0.25) is 0 Å². The Bertz CT molecular complexity index is 2340. The summed E-state index contributed by atoms with van der Waals surface area (Å²) in [5.41, 5.74) is 7.60. The molecule has 0 aliphatic heterocycles. The number of carbonyl (C=O) groups is 2. The maximum atomic E-state index is 13.4. The molecule has 4 nitrogen and oxygen atoms in total. The second kappa shape index (κ2) is 9.91. The number of fused-ring (bicyclic) bond motifs is 7. The van der Waals surface area contributed by atoms with Crippen LogP contribution in [0.1, 0.15) is 50.6 Å². The van der Waals surface area contributed by atoms with Crippen molar-refractivity contribution in [1.29, 1.82) is 0 Å². The maximum absolute atomic E-state index is 13.4. The molecule has 46 heavy (non-hydrogen) atoms. The first-order chi connectivity index (χ1) is 22.4. The van der Waals surface area contributed by atoms with Crippen LogP contribution in [-0.2, 0) is 5.41 Å². The molecule has 220 valence electrons. The van der Waals surface area contributed by atoms with E-state index in [1.54, 1.807) is 28.7 Å². The van der Waals surface area contributed by atoms with E-state index in [1.807, 2.05) is 54.7 Å². The Labute approximate surface area is 273 Å². The van der Waals surface area contributed by atoms with Crippen LogP contribution in [0.25, 0.3) is 36.8 Å². The van der Waals surface area contributed by atoms with Crippen LogP contribution in [0.15, 0.2) is 121 Å². The van der Waals surface area contributed by atoms with Crippen molar-refractivity contribution in [1.82, 2.24) is 4.98 Å². The summed E-state index contributed by atoms with van der Waals surface area (Å²) in [5.74, 6) is -0.392. The van der Waals surface area contributed by atoms with Crippen molar-refractivity contribution in [2.24, 2.45) is 0 Å². The molecule has 6 heteroatoms. The van der Waals surface area contributed by atoms with Gasteiger partial charge in [-0.2, -0.15) is 0 Å². The van der Waals surface area contributed by atoms with E-state index in [0.717, 1.165) is 43.1 Å². The molecular formula is C40H26N2O2S2. The number of benzene rings is 4. The van der Waals surface area contributed by atoms with Gasteiger partial charge in [-0.25, -0.2) is 0 Å². The average molecular weight is 631 g/mol. The van der Waals surface area contributed by atoms with Crippen molar-refractivity contribution in [3.8, 4) is 10.6 Å². The third kappa shape index (κ3) is 3.94. The third-order valence-corrected chi connectivity index (χ3v) is 11.6. The number of rotatable bonds is 4. The largest absolute Gasteiger partial charge is 0.309 e. The molecule has 0 bridgehead atoms. The molecule has 0 unspecified atom stereocenters. The zero-order chi connectivity index (χ0) is 31.2. The Morgan fingerprint density at radius 1 is 0.696 bits per heavy atom. The number of carbonyl (C=O) groups excluding carboxylic acids is 2. The van der Waals surface area contributed by atoms with Crippen molar-refractivity contribution in [2.75, 3.05) is 4.90 Å². The molecule has 0 saturated carbocycles. The fourth-order valence-electron chi connectivity index (χ4n) is 6.96. The summed E-state index contributed by atoms with van der Waals surface area (Å²) in [4.78, 5) is 36.3. The molecule has 4 aromatic carbocycles. The first-order valence-electron chi connectivity index (χ1n) is 15.2. The maximum Gasteiger partial charge on any atom is 0.197 e. The zero-order valence-corrected chi connectivity index (χ0v) is 26.7. The van der Waals surface area contributed by atoms with Gasteiger partial charge in [0.05, 0.1) is 32.7 Å². The Morgan fingerprint density at radius 2 is 1.28 bits per heavy atom. The third-order valence-electron chi connectivity index (χ3n) is 9.21. The number of hydrogen-bond donors (Lipinski definition) is 0. The first-order valence-corrected chi connectivity index (χ1v) is 16.8. The van der Waals surface area contributed by atoms with Crippen molar-refractivity contribution in [3.05, 3.63) is 148 Å². The van der Waals surface area contributed by atoms with E-state index in [2.05, 4.69) is 79.4 Å². The van der Waals surface area contributed by atoms with Crippen LogP contribution in [0.2, 0.25) is 0 Å². The molecule has 0 radical (unpaired) electrons. The minimum atomic E-state index is -0.282. The van der Waals surface area contributed by atoms with Crippen LogP contribution >= 0.6 is 22.7 Å². The molecule has 0 saturated heterocycles. The van der Waals surface area contributed by atoms with Crippen LogP contribution in [0.4, 0.5) is 17.1 Å². The molecule has 2 aliphatic rings. The van der Waals surface area contributed by atoms with Gasteiger partial charge in [0.25, 0.3) is 0 Å². The number of Topliss-reactive ketones (excluding diaryl/α,β-unsaturated/α-hetero) is 2. The summed E-state index contributed by atoms with van der Waals surface area (Å²) in [7, 11) is 0. The number of ketones is 2. The van der Waals surface area contributed by atoms with Crippen molar-refractivity contribution in [2.45, 2.75) is 19.3 Å². The van der Waals surface area contributed by atoms with Crippen LogP contribution < -0.4 is 4.90 Å². The van der Waals surface area contributed by atoms with Gasteiger partial charge in [0, 0.05) is 43.1 Å². The lowest BCUT2D eigenvalue weighted by Gasteiger charge is -2.27. The van der Waals surface area contributed by atoms with Crippen molar-refractivity contribution in [3.63, 3.8) is 0 Å². The average Bonchev–Trinajstić information content (AvgIpc) is 3.76. The minimum Gasteiger partial charge on any atom is -0.309 e. The highest BCUT2D eigenvalue weighted by Crippen LogP contribution is 2.57. The summed E-state index contributed by atoms with van der Waals surface area (Å²) < 4.78 is 2.35. The first kappa shape index (κ1) is 27.2. The lowest BCUT2D eigenvalue weighted by atomic mass is 9.83. The fourth-order valence-corrected chi connectivity index (χ4v) is 9.88. The number of pyridine rings is 1. The summed E-state index contributed by atoms with van der Waals surface area (Å²) in [5, 5.41) is 1.93. The second-order valence-electron chi connectivity index (χ2n) is 12.3. The Balaban J connectivity index is 1.11. The number of thiophene rings is 2. The van der Waals surface area contributed by atoms with E-state index in [9.17, 15) is 9.59 Å². The summed E-state index contributed by atoms with van der Waals surface area (Å²) in [6, 6.07) is 36.7. The Morgan fingerprint density at radius 3 is 1.89 bits per heavy atom. The molecule has 0 spiro atoms. The highest BCUT2D eigenvalue weighted by atomic mass is 32.1. The molecule has 3 heterocycles. The quantitative estimate of drug-likeness (QED) is 0.143. The fraction of sp³-hybridized carbons (Fsp3) is 0.0750. The van der Waals surface area contributed by atoms with E-state index in [4.69, 9.17) is 4.98 Å². The monoisotopic (exact) mass is 630 g/mol. The Hall–Kier alpha value is -5.17. The van der Waals surface area contributed by atoms with Gasteiger partial charge in [-0.1, -0.05) is 74.5 Å². The number of nitrogens with zero attached hydrogens (tertiary/aromatic N) is 2. The number of hydrogen-bond acceptors (Lipinski definition) is 6. The van der Waals surface area contributed by atoms with E-state index in [0.29, 0.717) is 11.1 Å². The normalized spacial score (nSPS) is 14.5. The molecule has 0 amide bonds. The van der Waals surface area contributed by atoms with Gasteiger partial charge < -0.3 is 4.90 Å². The van der Waals surface area contributed by atoms with Gasteiger partial charge in [-0.05, 0) is 70.9 Å². The number of aromatic nitrogens is 1. The number of anilines is 3.